The highest BCUT2D eigenvalue weighted by Gasteiger charge is 2.29. The van der Waals surface area contributed by atoms with Gasteiger partial charge in [0, 0.05) is 30.6 Å². The summed E-state index contributed by atoms with van der Waals surface area (Å²) < 4.78 is 0. The van der Waals surface area contributed by atoms with Crippen LogP contribution in [-0.2, 0) is 4.79 Å². The van der Waals surface area contributed by atoms with Gasteiger partial charge in [-0.3, -0.25) is 9.59 Å². The average molecular weight is 263 g/mol. The molecule has 2 N–H and O–H groups in total. The van der Waals surface area contributed by atoms with Gasteiger partial charge in [-0.15, -0.1) is 0 Å². The first-order chi connectivity index (χ1) is 8.99. The van der Waals surface area contributed by atoms with Crippen LogP contribution in [0.2, 0.25) is 0 Å². The number of phenols is 1. The monoisotopic (exact) mass is 263 g/mol. The van der Waals surface area contributed by atoms with Crippen LogP contribution >= 0.6 is 0 Å². The Morgan fingerprint density at radius 1 is 1.42 bits per heavy atom. The molecule has 19 heavy (non-hydrogen) atoms. The van der Waals surface area contributed by atoms with E-state index in [9.17, 15) is 14.7 Å². The second-order valence-corrected chi connectivity index (χ2v) is 4.95. The van der Waals surface area contributed by atoms with E-state index in [2.05, 4.69) is 0 Å². The van der Waals surface area contributed by atoms with E-state index in [4.69, 9.17) is 5.11 Å². The molecule has 1 aromatic rings. The fourth-order valence-electron chi connectivity index (χ4n) is 2.46. The quantitative estimate of drug-likeness (QED) is 0.869. The van der Waals surface area contributed by atoms with Crippen LogP contribution in [0.4, 0.5) is 0 Å². The van der Waals surface area contributed by atoms with Crippen molar-refractivity contribution in [2.24, 2.45) is 5.92 Å². The molecule has 1 aromatic carbocycles. The van der Waals surface area contributed by atoms with E-state index in [0.29, 0.717) is 24.2 Å². The molecule has 0 aliphatic carbocycles. The summed E-state index contributed by atoms with van der Waals surface area (Å²) in [5.74, 6) is -0.833. The molecule has 0 bridgehead atoms. The highest BCUT2D eigenvalue weighted by Crippen LogP contribution is 2.25. The number of carbonyl (C=O) groups is 2. The van der Waals surface area contributed by atoms with Crippen molar-refractivity contribution in [3.63, 3.8) is 0 Å². The van der Waals surface area contributed by atoms with Gasteiger partial charge in [0.2, 0.25) is 0 Å². The number of aromatic hydroxyl groups is 1. The molecule has 1 fully saturated rings. The molecule has 5 nitrogen and oxygen atoms in total. The van der Waals surface area contributed by atoms with Crippen LogP contribution in [-0.4, -0.2) is 40.1 Å². The Morgan fingerprint density at radius 2 is 2.16 bits per heavy atom. The number of phenolic OH excluding ortho intramolecular Hbond substituents is 1. The number of amides is 1. The maximum Gasteiger partial charge on any atom is 0.303 e. The number of carboxylic acids is 1. The third-order valence-corrected chi connectivity index (χ3v) is 3.57. The van der Waals surface area contributed by atoms with Gasteiger partial charge in [-0.05, 0) is 31.4 Å². The summed E-state index contributed by atoms with van der Waals surface area (Å²) in [6, 6.07) is 4.87. The number of aliphatic carboxylic acids is 1. The maximum absolute atomic E-state index is 12.3. The lowest BCUT2D eigenvalue weighted by atomic mass is 10.1. The Morgan fingerprint density at radius 3 is 2.84 bits per heavy atom. The van der Waals surface area contributed by atoms with Crippen molar-refractivity contribution in [1.29, 1.82) is 0 Å². The van der Waals surface area contributed by atoms with Crippen LogP contribution in [0, 0.1) is 12.8 Å². The number of carbonyl (C=O) groups excluding carboxylic acids is 1. The van der Waals surface area contributed by atoms with E-state index in [-0.39, 0.29) is 24.0 Å². The molecule has 1 aliphatic heterocycles. The van der Waals surface area contributed by atoms with Gasteiger partial charge in [-0.1, -0.05) is 6.07 Å². The molecule has 1 unspecified atom stereocenters. The number of hydrogen-bond acceptors (Lipinski definition) is 3. The topological polar surface area (TPSA) is 77.8 Å². The molecular weight excluding hydrogens is 246 g/mol. The zero-order valence-corrected chi connectivity index (χ0v) is 10.8. The van der Waals surface area contributed by atoms with E-state index in [1.165, 1.54) is 0 Å². The van der Waals surface area contributed by atoms with Crippen molar-refractivity contribution in [3.05, 3.63) is 29.3 Å². The Balaban J connectivity index is 2.09. The van der Waals surface area contributed by atoms with Crippen LogP contribution in [0.3, 0.4) is 0 Å². The van der Waals surface area contributed by atoms with Crippen LogP contribution in [0.15, 0.2) is 18.2 Å². The van der Waals surface area contributed by atoms with Crippen molar-refractivity contribution in [3.8, 4) is 5.75 Å². The van der Waals surface area contributed by atoms with Gasteiger partial charge >= 0.3 is 5.97 Å². The molecule has 102 valence electrons. The van der Waals surface area contributed by atoms with E-state index in [0.717, 1.165) is 6.42 Å². The maximum atomic E-state index is 12.3. The van der Waals surface area contributed by atoms with Crippen molar-refractivity contribution in [2.45, 2.75) is 19.8 Å². The summed E-state index contributed by atoms with van der Waals surface area (Å²) in [5.41, 5.74) is 1.05. The highest BCUT2D eigenvalue weighted by molar-refractivity contribution is 5.96. The third kappa shape index (κ3) is 2.86. The highest BCUT2D eigenvalue weighted by atomic mass is 16.4. The molecule has 1 aliphatic rings. The minimum Gasteiger partial charge on any atom is -0.508 e. The molecule has 1 amide bonds. The number of carboxylic acid groups (broad SMARTS) is 1. The minimum absolute atomic E-state index is 0.0269. The molecule has 5 heteroatoms. The molecule has 0 saturated carbocycles. The zero-order valence-electron chi connectivity index (χ0n) is 10.8. The summed E-state index contributed by atoms with van der Waals surface area (Å²) in [5, 5.41) is 18.4. The molecule has 1 saturated heterocycles. The third-order valence-electron chi connectivity index (χ3n) is 3.57. The summed E-state index contributed by atoms with van der Waals surface area (Å²) in [7, 11) is 0. The van der Waals surface area contributed by atoms with Gasteiger partial charge < -0.3 is 15.1 Å². The van der Waals surface area contributed by atoms with Gasteiger partial charge in [0.1, 0.15) is 5.75 Å². The van der Waals surface area contributed by atoms with Gasteiger partial charge in [0.05, 0.1) is 0 Å². The van der Waals surface area contributed by atoms with Crippen LogP contribution in [0.25, 0.3) is 0 Å². The van der Waals surface area contributed by atoms with E-state index < -0.39 is 5.97 Å². The lowest BCUT2D eigenvalue weighted by molar-refractivity contribution is -0.138. The number of likely N-dealkylation sites (tertiary alicyclic amines) is 1. The van der Waals surface area contributed by atoms with Gasteiger partial charge in [-0.25, -0.2) is 0 Å². The summed E-state index contributed by atoms with van der Waals surface area (Å²) in [6.07, 6.45) is 0.818. The lowest BCUT2D eigenvalue weighted by Gasteiger charge is -2.17. The molecule has 0 spiro atoms. The smallest absolute Gasteiger partial charge is 0.303 e. The average Bonchev–Trinajstić information content (AvgIpc) is 2.79. The summed E-state index contributed by atoms with van der Waals surface area (Å²) in [6.45, 7) is 2.75. The fraction of sp³-hybridized carbons (Fsp3) is 0.429. The van der Waals surface area contributed by atoms with E-state index in [1.807, 2.05) is 0 Å². The van der Waals surface area contributed by atoms with Gasteiger partial charge in [0.15, 0.2) is 0 Å². The molecule has 0 aromatic heterocycles. The normalized spacial score (nSPS) is 18.6. The Labute approximate surface area is 111 Å². The molecule has 1 heterocycles. The second kappa shape index (κ2) is 5.30. The first-order valence-electron chi connectivity index (χ1n) is 6.28. The van der Waals surface area contributed by atoms with E-state index in [1.54, 1.807) is 30.0 Å². The SMILES string of the molecule is Cc1c(O)cccc1C(=O)N1CCC(CC(=O)O)C1. The van der Waals surface area contributed by atoms with Crippen LogP contribution < -0.4 is 0 Å². The summed E-state index contributed by atoms with van der Waals surface area (Å²) >= 11 is 0. The largest absolute Gasteiger partial charge is 0.508 e. The predicted octanol–water partition coefficient (Wildman–Crippen LogP) is 1.64. The van der Waals surface area contributed by atoms with E-state index >= 15 is 0 Å². The number of hydrogen-bond donors (Lipinski definition) is 2. The van der Waals surface area contributed by atoms with Crippen molar-refractivity contribution < 1.29 is 19.8 Å². The predicted molar refractivity (Wildman–Crippen MR) is 69.1 cm³/mol. The first-order valence-corrected chi connectivity index (χ1v) is 6.28. The molecule has 1 atom stereocenters. The van der Waals surface area contributed by atoms with Crippen LogP contribution in [0.1, 0.15) is 28.8 Å². The second-order valence-electron chi connectivity index (χ2n) is 4.95. The lowest BCUT2D eigenvalue weighted by Crippen LogP contribution is -2.29. The number of benzene rings is 1. The standard InChI is InChI=1S/C14H17NO4/c1-9-11(3-2-4-12(9)16)14(19)15-6-5-10(8-15)7-13(17)18/h2-4,10,16H,5-8H2,1H3,(H,17,18). The number of nitrogens with zero attached hydrogens (tertiary/aromatic N) is 1. The Kier molecular flexibility index (Phi) is 3.74. The molecule has 0 radical (unpaired) electrons. The Hall–Kier alpha value is -2.04. The molecule has 2 rings (SSSR count). The fourth-order valence-corrected chi connectivity index (χ4v) is 2.46. The number of rotatable bonds is 3. The van der Waals surface area contributed by atoms with Crippen molar-refractivity contribution >= 4 is 11.9 Å². The van der Waals surface area contributed by atoms with Gasteiger partial charge in [0.25, 0.3) is 5.91 Å². The van der Waals surface area contributed by atoms with Crippen LogP contribution in [0.5, 0.6) is 5.75 Å². The van der Waals surface area contributed by atoms with Crippen molar-refractivity contribution in [2.75, 3.05) is 13.1 Å². The summed E-state index contributed by atoms with van der Waals surface area (Å²) in [4.78, 5) is 24.6. The molecular formula is C14H17NO4. The van der Waals surface area contributed by atoms with Gasteiger partial charge in [-0.2, -0.15) is 0 Å². The van der Waals surface area contributed by atoms with Crippen molar-refractivity contribution in [1.82, 2.24) is 4.90 Å². The minimum atomic E-state index is -0.826. The first kappa shape index (κ1) is 13.4. The Bertz CT molecular complexity index is 512. The zero-order chi connectivity index (χ0) is 14.0.